The van der Waals surface area contributed by atoms with Crippen LogP contribution in [-0.4, -0.2) is 37.5 Å². The van der Waals surface area contributed by atoms with Gasteiger partial charge < -0.3 is 19.5 Å². The molecule has 0 fully saturated rings. The second kappa shape index (κ2) is 10.8. The van der Waals surface area contributed by atoms with Gasteiger partial charge in [-0.15, -0.1) is 0 Å². The van der Waals surface area contributed by atoms with Gasteiger partial charge >= 0.3 is 5.97 Å². The molecular formula is C22H25NO6. The highest BCUT2D eigenvalue weighted by atomic mass is 16.5. The summed E-state index contributed by atoms with van der Waals surface area (Å²) in [6.45, 7) is 3.32. The summed E-state index contributed by atoms with van der Waals surface area (Å²) < 4.78 is 15.9. The Morgan fingerprint density at radius 3 is 2.38 bits per heavy atom. The quantitative estimate of drug-likeness (QED) is 0.373. The lowest BCUT2D eigenvalue weighted by Crippen LogP contribution is -2.30. The Morgan fingerprint density at radius 1 is 1.03 bits per heavy atom. The molecule has 2 aromatic carbocycles. The van der Waals surface area contributed by atoms with E-state index in [2.05, 4.69) is 5.32 Å². The van der Waals surface area contributed by atoms with Crippen molar-refractivity contribution < 1.29 is 28.6 Å². The first-order chi connectivity index (χ1) is 13.9. The van der Waals surface area contributed by atoms with Gasteiger partial charge in [0.05, 0.1) is 19.4 Å². The first kappa shape index (κ1) is 21.9. The summed E-state index contributed by atoms with van der Waals surface area (Å²) in [6.07, 6.45) is -0.376. The van der Waals surface area contributed by atoms with Crippen LogP contribution in [0.15, 0.2) is 48.5 Å². The second-order valence-electron chi connectivity index (χ2n) is 6.35. The average molecular weight is 399 g/mol. The SMILES string of the molecule is COc1ccccc1NC(=O)[C@H](C)OC(=O)CCCOc1ccc(C(C)=O)cc1. The van der Waals surface area contributed by atoms with Crippen LogP contribution in [-0.2, 0) is 14.3 Å². The molecule has 0 saturated heterocycles. The summed E-state index contributed by atoms with van der Waals surface area (Å²) in [5.74, 6) is 0.205. The van der Waals surface area contributed by atoms with Crippen molar-refractivity contribution in [2.45, 2.75) is 32.8 Å². The zero-order chi connectivity index (χ0) is 21.2. The molecule has 0 aliphatic carbocycles. The Kier molecular flexibility index (Phi) is 8.21. The lowest BCUT2D eigenvalue weighted by Gasteiger charge is -2.15. The number of benzene rings is 2. The summed E-state index contributed by atoms with van der Waals surface area (Å²) in [7, 11) is 1.51. The highest BCUT2D eigenvalue weighted by Crippen LogP contribution is 2.23. The Balaban J connectivity index is 1.71. The number of rotatable bonds is 10. The van der Waals surface area contributed by atoms with Crippen molar-refractivity contribution in [1.82, 2.24) is 0 Å². The van der Waals surface area contributed by atoms with Gasteiger partial charge in [-0.05, 0) is 56.7 Å². The number of amides is 1. The second-order valence-corrected chi connectivity index (χ2v) is 6.35. The monoisotopic (exact) mass is 399 g/mol. The number of anilines is 1. The zero-order valence-electron chi connectivity index (χ0n) is 16.8. The number of hydrogen-bond acceptors (Lipinski definition) is 6. The minimum Gasteiger partial charge on any atom is -0.495 e. The van der Waals surface area contributed by atoms with Gasteiger partial charge in [0, 0.05) is 12.0 Å². The lowest BCUT2D eigenvalue weighted by atomic mass is 10.1. The molecular weight excluding hydrogens is 374 g/mol. The molecule has 2 rings (SSSR count). The fraction of sp³-hybridized carbons (Fsp3) is 0.318. The average Bonchev–Trinajstić information content (AvgIpc) is 2.71. The maximum Gasteiger partial charge on any atom is 0.306 e. The van der Waals surface area contributed by atoms with E-state index in [9.17, 15) is 14.4 Å². The summed E-state index contributed by atoms with van der Waals surface area (Å²) in [6, 6.07) is 13.8. The number of methoxy groups -OCH3 is 1. The normalized spacial score (nSPS) is 11.3. The van der Waals surface area contributed by atoms with E-state index >= 15 is 0 Å². The summed E-state index contributed by atoms with van der Waals surface area (Å²) in [5.41, 5.74) is 1.12. The smallest absolute Gasteiger partial charge is 0.306 e. The molecule has 154 valence electrons. The molecule has 0 radical (unpaired) electrons. The van der Waals surface area contributed by atoms with Crippen molar-refractivity contribution in [3.63, 3.8) is 0 Å². The standard InChI is InChI=1S/C22H25NO6/c1-15(24)17-10-12-18(13-11-17)28-14-6-9-21(25)29-16(2)22(26)23-19-7-4-5-8-20(19)27-3/h4-5,7-8,10-13,16H,6,9,14H2,1-3H3,(H,23,26)/t16-/m0/s1. The Labute approximate surface area is 170 Å². The van der Waals surface area contributed by atoms with Crippen LogP contribution in [0.25, 0.3) is 0 Å². The van der Waals surface area contributed by atoms with Crippen LogP contribution in [0.3, 0.4) is 0 Å². The van der Waals surface area contributed by atoms with Crippen LogP contribution >= 0.6 is 0 Å². The van der Waals surface area contributed by atoms with Crippen molar-refractivity contribution in [2.75, 3.05) is 19.0 Å². The maximum atomic E-state index is 12.2. The first-order valence-corrected chi connectivity index (χ1v) is 9.28. The topological polar surface area (TPSA) is 90.9 Å². The highest BCUT2D eigenvalue weighted by molar-refractivity contribution is 5.96. The van der Waals surface area contributed by atoms with Crippen LogP contribution < -0.4 is 14.8 Å². The molecule has 0 saturated carbocycles. The van der Waals surface area contributed by atoms with Crippen molar-refractivity contribution >= 4 is 23.3 Å². The van der Waals surface area contributed by atoms with Crippen molar-refractivity contribution in [3.8, 4) is 11.5 Å². The molecule has 7 nitrogen and oxygen atoms in total. The van der Waals surface area contributed by atoms with E-state index in [4.69, 9.17) is 14.2 Å². The predicted molar refractivity (Wildman–Crippen MR) is 108 cm³/mol. The van der Waals surface area contributed by atoms with E-state index < -0.39 is 18.0 Å². The minimum atomic E-state index is -0.938. The molecule has 0 unspecified atom stereocenters. The van der Waals surface area contributed by atoms with E-state index in [0.29, 0.717) is 35.8 Å². The molecule has 7 heteroatoms. The largest absolute Gasteiger partial charge is 0.495 e. The van der Waals surface area contributed by atoms with Crippen LogP contribution in [0.4, 0.5) is 5.69 Å². The molecule has 0 aliphatic heterocycles. The summed E-state index contributed by atoms with van der Waals surface area (Å²) in [5, 5.41) is 2.68. The van der Waals surface area contributed by atoms with Crippen LogP contribution in [0.2, 0.25) is 0 Å². The Bertz CT molecular complexity index is 847. The van der Waals surface area contributed by atoms with Gasteiger partial charge in [0.2, 0.25) is 0 Å². The molecule has 1 amide bonds. The number of carbonyl (C=O) groups is 3. The number of ketones is 1. The van der Waals surface area contributed by atoms with Gasteiger partial charge in [-0.3, -0.25) is 14.4 Å². The summed E-state index contributed by atoms with van der Waals surface area (Å²) >= 11 is 0. The van der Waals surface area contributed by atoms with Crippen LogP contribution in [0.5, 0.6) is 11.5 Å². The third kappa shape index (κ3) is 6.95. The number of esters is 1. The molecule has 0 bridgehead atoms. The number of carbonyl (C=O) groups excluding carboxylic acids is 3. The summed E-state index contributed by atoms with van der Waals surface area (Å²) in [4.78, 5) is 35.4. The molecule has 0 heterocycles. The van der Waals surface area contributed by atoms with E-state index in [-0.39, 0.29) is 12.2 Å². The van der Waals surface area contributed by atoms with Gasteiger partial charge in [-0.2, -0.15) is 0 Å². The van der Waals surface area contributed by atoms with Crippen LogP contribution in [0, 0.1) is 0 Å². The number of para-hydroxylation sites is 2. The van der Waals surface area contributed by atoms with Crippen molar-refractivity contribution in [1.29, 1.82) is 0 Å². The Hall–Kier alpha value is -3.35. The molecule has 1 N–H and O–H groups in total. The van der Waals surface area contributed by atoms with E-state index in [1.165, 1.54) is 21.0 Å². The zero-order valence-corrected chi connectivity index (χ0v) is 16.8. The molecule has 0 spiro atoms. The molecule has 0 aliphatic rings. The maximum absolute atomic E-state index is 12.2. The fourth-order valence-corrected chi connectivity index (χ4v) is 2.48. The van der Waals surface area contributed by atoms with Gasteiger partial charge in [0.25, 0.3) is 5.91 Å². The fourth-order valence-electron chi connectivity index (χ4n) is 2.48. The number of nitrogens with one attached hydrogen (secondary N) is 1. The Morgan fingerprint density at radius 2 is 1.72 bits per heavy atom. The first-order valence-electron chi connectivity index (χ1n) is 9.28. The van der Waals surface area contributed by atoms with E-state index in [1.54, 1.807) is 48.5 Å². The number of hydrogen-bond donors (Lipinski definition) is 1. The van der Waals surface area contributed by atoms with Crippen LogP contribution in [0.1, 0.15) is 37.0 Å². The molecule has 1 atom stereocenters. The molecule has 0 aromatic heterocycles. The molecule has 29 heavy (non-hydrogen) atoms. The van der Waals surface area contributed by atoms with E-state index in [0.717, 1.165) is 0 Å². The minimum absolute atomic E-state index is 0.0110. The molecule has 2 aromatic rings. The highest BCUT2D eigenvalue weighted by Gasteiger charge is 2.19. The van der Waals surface area contributed by atoms with E-state index in [1.807, 2.05) is 0 Å². The third-order valence-electron chi connectivity index (χ3n) is 4.10. The number of Topliss-reactive ketones (excluding diaryl/α,β-unsaturated/α-hetero) is 1. The van der Waals surface area contributed by atoms with Gasteiger partial charge in [-0.25, -0.2) is 0 Å². The van der Waals surface area contributed by atoms with Crippen molar-refractivity contribution in [3.05, 3.63) is 54.1 Å². The van der Waals surface area contributed by atoms with Gasteiger partial charge in [0.1, 0.15) is 11.5 Å². The van der Waals surface area contributed by atoms with Gasteiger partial charge in [-0.1, -0.05) is 12.1 Å². The predicted octanol–water partition coefficient (Wildman–Crippen LogP) is 3.63. The van der Waals surface area contributed by atoms with Crippen molar-refractivity contribution in [2.24, 2.45) is 0 Å². The third-order valence-corrected chi connectivity index (χ3v) is 4.10. The lowest BCUT2D eigenvalue weighted by molar-refractivity contribution is -0.153. The number of ether oxygens (including phenoxy) is 3. The van der Waals surface area contributed by atoms with Gasteiger partial charge in [0.15, 0.2) is 11.9 Å².